The lowest BCUT2D eigenvalue weighted by Gasteiger charge is -2.43. The van der Waals surface area contributed by atoms with Gasteiger partial charge in [-0.1, -0.05) is 35.9 Å². The lowest BCUT2D eigenvalue weighted by atomic mass is 9.87. The first kappa shape index (κ1) is 64.6. The van der Waals surface area contributed by atoms with E-state index in [-0.39, 0.29) is 86.1 Å². The van der Waals surface area contributed by atoms with Gasteiger partial charge < -0.3 is 48.2 Å². The molecule has 89 heavy (non-hydrogen) atoms. The molecular formula is C61H60ClF4N9O13S. The van der Waals surface area contributed by atoms with E-state index in [1.807, 2.05) is 6.07 Å². The smallest absolute Gasteiger partial charge is 0.274 e. The molecule has 0 spiro atoms. The number of anilines is 3. The highest BCUT2D eigenvalue weighted by Crippen LogP contribution is 2.41. The van der Waals surface area contributed by atoms with Gasteiger partial charge in [0.05, 0.1) is 75.9 Å². The summed E-state index contributed by atoms with van der Waals surface area (Å²) >= 11 is 6.62. The summed E-state index contributed by atoms with van der Waals surface area (Å²) in [6.45, 7) is 0.883. The highest BCUT2D eigenvalue weighted by Gasteiger charge is 2.49. The first-order valence-corrected chi connectivity index (χ1v) is 30.0. The quantitative estimate of drug-likeness (QED) is 0.0314. The number of hydrogen-bond donors (Lipinski definition) is 3. The SMILES string of the molecule is CCS(=O)(=O)Nc1ccc(Oc2cccc(OCCOCCOCCOCCOCC(=O)N3CC(=O)N(c4cc(C#N)ccn4)C(C(=O)N(c4cc(F)cc(F)c4)C(C(=O)NC4CC(F)(F)C4)c4ccccc4Cl)C3)c2)c(-c2cn(C)c(=O)c3[nH]ccc23)c1. The van der Waals surface area contributed by atoms with Crippen molar-refractivity contribution in [2.45, 2.75) is 43.8 Å². The minimum absolute atomic E-state index is 0.0251. The van der Waals surface area contributed by atoms with Gasteiger partial charge >= 0.3 is 0 Å². The fourth-order valence-corrected chi connectivity index (χ4v) is 10.8. The van der Waals surface area contributed by atoms with Gasteiger partial charge in [0.15, 0.2) is 0 Å². The molecule has 1 aliphatic heterocycles. The number of sulfonamides is 1. The van der Waals surface area contributed by atoms with E-state index >= 15 is 13.6 Å². The van der Waals surface area contributed by atoms with Gasteiger partial charge in [0.1, 0.15) is 72.1 Å². The maximum absolute atomic E-state index is 15.4. The van der Waals surface area contributed by atoms with E-state index < -0.39 is 108 Å². The number of benzene rings is 4. The van der Waals surface area contributed by atoms with E-state index in [0.29, 0.717) is 55.9 Å². The molecule has 22 nitrogen and oxygen atoms in total. The van der Waals surface area contributed by atoms with E-state index in [1.165, 1.54) is 54.1 Å². The molecule has 3 aromatic heterocycles. The Morgan fingerprint density at radius 1 is 0.854 bits per heavy atom. The molecule has 2 atom stereocenters. The van der Waals surface area contributed by atoms with Crippen LogP contribution in [0.1, 0.15) is 36.9 Å². The van der Waals surface area contributed by atoms with Crippen LogP contribution in [-0.4, -0.2) is 148 Å². The molecule has 2 aliphatic rings. The molecule has 4 aromatic carbocycles. The predicted molar refractivity (Wildman–Crippen MR) is 318 cm³/mol. The number of amides is 4. The minimum atomic E-state index is -3.60. The normalized spacial score (nSPS) is 15.3. The van der Waals surface area contributed by atoms with Crippen molar-refractivity contribution in [2.24, 2.45) is 7.05 Å². The number of aryl methyl sites for hydroxylation is 1. The van der Waals surface area contributed by atoms with E-state index in [1.54, 1.807) is 68.0 Å². The zero-order chi connectivity index (χ0) is 63.4. The third-order valence-electron chi connectivity index (χ3n) is 14.3. The Morgan fingerprint density at radius 2 is 1.54 bits per heavy atom. The van der Waals surface area contributed by atoms with E-state index in [0.717, 1.165) is 21.9 Å². The molecular weight excluding hydrogens is 1210 g/mol. The van der Waals surface area contributed by atoms with Crippen LogP contribution >= 0.6 is 11.6 Å². The number of pyridine rings is 2. The number of aromatic nitrogens is 3. The van der Waals surface area contributed by atoms with Crippen LogP contribution in [0.4, 0.5) is 34.8 Å². The van der Waals surface area contributed by atoms with Crippen LogP contribution in [0.2, 0.25) is 5.02 Å². The van der Waals surface area contributed by atoms with Crippen molar-refractivity contribution in [3.63, 3.8) is 0 Å². The third-order valence-corrected chi connectivity index (χ3v) is 15.9. The summed E-state index contributed by atoms with van der Waals surface area (Å²) < 4.78 is 122. The molecule has 1 saturated carbocycles. The van der Waals surface area contributed by atoms with Gasteiger partial charge in [-0.3, -0.25) is 38.5 Å². The van der Waals surface area contributed by atoms with Gasteiger partial charge in [-0.25, -0.2) is 31.0 Å². The van der Waals surface area contributed by atoms with Gasteiger partial charge in [-0.05, 0) is 73.7 Å². The number of hydrogen-bond acceptors (Lipinski definition) is 15. The molecule has 3 N–H and O–H groups in total. The van der Waals surface area contributed by atoms with Crippen LogP contribution in [0.3, 0.4) is 0 Å². The number of halogens is 5. The second-order valence-corrected chi connectivity index (χ2v) is 23.0. The second kappa shape index (κ2) is 28.9. The Kier molecular flexibility index (Phi) is 21.0. The number of carbonyl (C=O) groups is 4. The average molecular weight is 1270 g/mol. The van der Waals surface area contributed by atoms with Crippen LogP contribution in [0.5, 0.6) is 17.2 Å². The summed E-state index contributed by atoms with van der Waals surface area (Å²) in [5, 5.41) is 12.8. The average Bonchev–Trinajstić information content (AvgIpc) is 1.69. The zero-order valence-corrected chi connectivity index (χ0v) is 49.5. The molecule has 7 aromatic rings. The molecule has 9 rings (SSSR count). The molecule has 468 valence electrons. The number of ether oxygens (including phenoxy) is 6. The Hall–Kier alpha value is -8.91. The molecule has 1 aliphatic carbocycles. The van der Waals surface area contributed by atoms with E-state index in [9.17, 15) is 41.6 Å². The summed E-state index contributed by atoms with van der Waals surface area (Å²) in [4.78, 5) is 80.4. The zero-order valence-electron chi connectivity index (χ0n) is 48.0. The standard InChI is InChI=1S/C61H60ClF4N9O13S/c1-3-89(81,82)71-41-11-12-52(48(29-41)49-34-72(2)60(80)56-46(49)14-16-69-56)88-45-8-6-7-44(30-45)87-24-23-85-20-19-83-17-18-84-21-22-86-37-55(77)73-35-51(75(54(76)36-73)53-25-38(33-67)13-15-68-53)59(79)74(43-27-39(63)26-40(64)28-43)57(47-9-4-5-10-50(47)62)58(78)70-42-31-61(65,66)32-42/h4-16,25-30,34,42,51,57,69,71H,3,17-24,31-32,35-37H2,1-2H3,(H,70,78). The Bertz CT molecular complexity index is 3940. The first-order valence-electron chi connectivity index (χ1n) is 27.9. The van der Waals surface area contributed by atoms with Gasteiger partial charge in [0.2, 0.25) is 27.7 Å². The maximum atomic E-state index is 15.4. The molecule has 4 heterocycles. The number of aromatic amines is 1. The van der Waals surface area contributed by atoms with Crippen molar-refractivity contribution in [3.8, 4) is 34.4 Å². The van der Waals surface area contributed by atoms with Crippen LogP contribution in [0, 0.1) is 23.0 Å². The molecule has 1 saturated heterocycles. The van der Waals surface area contributed by atoms with Crippen molar-refractivity contribution in [2.75, 3.05) is 92.8 Å². The van der Waals surface area contributed by atoms with Crippen LogP contribution in [0.25, 0.3) is 22.0 Å². The molecule has 2 unspecified atom stereocenters. The van der Waals surface area contributed by atoms with Crippen molar-refractivity contribution in [1.82, 2.24) is 24.8 Å². The van der Waals surface area contributed by atoms with Gasteiger partial charge in [-0.15, -0.1) is 0 Å². The monoisotopic (exact) mass is 1270 g/mol. The summed E-state index contributed by atoms with van der Waals surface area (Å²) in [6.07, 6.45) is 3.07. The van der Waals surface area contributed by atoms with Crippen molar-refractivity contribution in [3.05, 3.63) is 160 Å². The summed E-state index contributed by atoms with van der Waals surface area (Å²) in [5.41, 5.74) is 1.05. The number of piperazine rings is 1. The third kappa shape index (κ3) is 16.2. The van der Waals surface area contributed by atoms with E-state index in [2.05, 4.69) is 20.0 Å². The van der Waals surface area contributed by atoms with Crippen LogP contribution in [0.15, 0.2) is 127 Å². The van der Waals surface area contributed by atoms with Crippen LogP contribution < -0.4 is 34.9 Å². The number of nitriles is 1. The van der Waals surface area contributed by atoms with Gasteiger partial charge in [0, 0.05) is 89.4 Å². The fourth-order valence-electron chi connectivity index (χ4n) is 9.95. The molecule has 4 amide bonds. The minimum Gasteiger partial charge on any atom is -0.491 e. The summed E-state index contributed by atoms with van der Waals surface area (Å²) in [5.74, 6) is -8.29. The number of fused-ring (bicyclic) bond motifs is 1. The number of carbonyl (C=O) groups excluding carboxylic acids is 4. The van der Waals surface area contributed by atoms with Gasteiger partial charge in [0.25, 0.3) is 17.4 Å². The Balaban J connectivity index is 0.745. The predicted octanol–water partition coefficient (Wildman–Crippen LogP) is 7.66. The van der Waals surface area contributed by atoms with Crippen LogP contribution in [-0.2, 0) is 55.2 Å². The highest BCUT2D eigenvalue weighted by molar-refractivity contribution is 7.92. The Morgan fingerprint density at radius 3 is 2.22 bits per heavy atom. The molecule has 28 heteroatoms. The number of nitrogens with one attached hydrogen (secondary N) is 3. The van der Waals surface area contributed by atoms with E-state index in [4.69, 9.17) is 40.0 Å². The lowest BCUT2D eigenvalue weighted by molar-refractivity contribution is -0.143. The topological polar surface area (TPSA) is 266 Å². The number of nitrogens with zero attached hydrogens (tertiary/aromatic N) is 6. The maximum Gasteiger partial charge on any atom is 0.274 e. The highest BCUT2D eigenvalue weighted by atomic mass is 35.5. The molecule has 0 radical (unpaired) electrons. The summed E-state index contributed by atoms with van der Waals surface area (Å²) in [6, 6.07) is 21.0. The summed E-state index contributed by atoms with van der Waals surface area (Å²) in [7, 11) is -1.98. The first-order chi connectivity index (χ1) is 42.7. The number of rotatable bonds is 28. The molecule has 0 bridgehead atoms. The number of H-pyrrole nitrogens is 1. The second-order valence-electron chi connectivity index (χ2n) is 20.6. The Labute approximate surface area is 512 Å². The number of alkyl halides is 2. The van der Waals surface area contributed by atoms with Crippen molar-refractivity contribution >= 4 is 73.3 Å². The van der Waals surface area contributed by atoms with Crippen molar-refractivity contribution in [1.29, 1.82) is 5.26 Å². The van der Waals surface area contributed by atoms with Crippen molar-refractivity contribution < 1.29 is 73.6 Å². The fraction of sp³-hybridized carbons (Fsp3) is 0.328. The van der Waals surface area contributed by atoms with Gasteiger partial charge in [-0.2, -0.15) is 5.26 Å². The lowest BCUT2D eigenvalue weighted by Crippen LogP contribution is -2.65. The molecule has 2 fully saturated rings. The largest absolute Gasteiger partial charge is 0.491 e.